The number of fused-ring (bicyclic) bond motifs is 1. The van der Waals surface area contributed by atoms with Crippen molar-refractivity contribution in [3.05, 3.63) is 23.2 Å². The van der Waals surface area contributed by atoms with Crippen LogP contribution in [-0.2, 0) is 6.54 Å². The molecule has 1 aromatic heterocycles. The van der Waals surface area contributed by atoms with Gasteiger partial charge in [0.25, 0.3) is 0 Å². The number of hydrogen-bond acceptors (Lipinski definition) is 2. The Kier molecular flexibility index (Phi) is 3.65. The molecule has 2 aromatic rings. The SMILES string of the molecule is Nc1nc2cccc(Cl)c2n1CCCC1CCCC1. The Labute approximate surface area is 118 Å². The zero-order valence-corrected chi connectivity index (χ0v) is 11.9. The van der Waals surface area contributed by atoms with Gasteiger partial charge in [-0.2, -0.15) is 0 Å². The summed E-state index contributed by atoms with van der Waals surface area (Å²) >= 11 is 6.27. The fourth-order valence-electron chi connectivity index (χ4n) is 3.22. The van der Waals surface area contributed by atoms with Crippen LogP contribution >= 0.6 is 11.6 Å². The summed E-state index contributed by atoms with van der Waals surface area (Å²) in [5.74, 6) is 1.50. The van der Waals surface area contributed by atoms with Gasteiger partial charge in [0.05, 0.1) is 16.1 Å². The van der Waals surface area contributed by atoms with E-state index in [-0.39, 0.29) is 0 Å². The molecule has 0 aliphatic heterocycles. The minimum atomic E-state index is 0.578. The van der Waals surface area contributed by atoms with E-state index in [0.717, 1.165) is 34.9 Å². The molecule has 3 rings (SSSR count). The van der Waals surface area contributed by atoms with Gasteiger partial charge in [-0.3, -0.25) is 0 Å². The van der Waals surface area contributed by atoms with Crippen LogP contribution in [0.5, 0.6) is 0 Å². The molecule has 3 nitrogen and oxygen atoms in total. The summed E-state index contributed by atoms with van der Waals surface area (Å²) in [5.41, 5.74) is 7.88. The van der Waals surface area contributed by atoms with Gasteiger partial charge in [0.2, 0.25) is 5.95 Å². The van der Waals surface area contributed by atoms with E-state index < -0.39 is 0 Å². The average molecular weight is 278 g/mol. The van der Waals surface area contributed by atoms with Crippen molar-refractivity contribution in [2.45, 2.75) is 45.1 Å². The van der Waals surface area contributed by atoms with Crippen LogP contribution in [0.1, 0.15) is 38.5 Å². The molecular weight excluding hydrogens is 258 g/mol. The molecule has 102 valence electrons. The first-order chi connectivity index (χ1) is 9.25. The fourth-order valence-corrected chi connectivity index (χ4v) is 3.49. The van der Waals surface area contributed by atoms with Crippen LogP contribution in [0.3, 0.4) is 0 Å². The zero-order chi connectivity index (χ0) is 13.2. The number of anilines is 1. The Morgan fingerprint density at radius 2 is 2.11 bits per heavy atom. The maximum atomic E-state index is 6.27. The number of aryl methyl sites for hydroxylation is 1. The molecule has 1 aliphatic rings. The second-order valence-corrected chi connectivity index (χ2v) is 5.93. The van der Waals surface area contributed by atoms with Gasteiger partial charge in [0, 0.05) is 6.54 Å². The molecule has 2 N–H and O–H groups in total. The molecule has 1 heterocycles. The number of rotatable bonds is 4. The van der Waals surface area contributed by atoms with Gasteiger partial charge in [-0.25, -0.2) is 4.98 Å². The Morgan fingerprint density at radius 1 is 1.32 bits per heavy atom. The topological polar surface area (TPSA) is 43.8 Å². The summed E-state index contributed by atoms with van der Waals surface area (Å²) in [6.07, 6.45) is 8.08. The van der Waals surface area contributed by atoms with Crippen molar-refractivity contribution in [3.63, 3.8) is 0 Å². The van der Waals surface area contributed by atoms with Crippen molar-refractivity contribution in [2.24, 2.45) is 5.92 Å². The summed E-state index contributed by atoms with van der Waals surface area (Å²) in [7, 11) is 0. The lowest BCUT2D eigenvalue weighted by Gasteiger charge is -2.10. The highest BCUT2D eigenvalue weighted by Crippen LogP contribution is 2.30. The second kappa shape index (κ2) is 5.41. The van der Waals surface area contributed by atoms with E-state index in [1.807, 2.05) is 18.2 Å². The zero-order valence-electron chi connectivity index (χ0n) is 11.1. The summed E-state index contributed by atoms with van der Waals surface area (Å²) < 4.78 is 2.06. The van der Waals surface area contributed by atoms with Crippen LogP contribution in [0.15, 0.2) is 18.2 Å². The van der Waals surface area contributed by atoms with Crippen LogP contribution in [0.25, 0.3) is 11.0 Å². The molecule has 0 atom stereocenters. The number of hydrogen-bond donors (Lipinski definition) is 1. The number of aromatic nitrogens is 2. The molecule has 0 radical (unpaired) electrons. The molecule has 0 amide bonds. The smallest absolute Gasteiger partial charge is 0.201 e. The van der Waals surface area contributed by atoms with Crippen LogP contribution in [0.4, 0.5) is 5.95 Å². The van der Waals surface area contributed by atoms with Crippen molar-refractivity contribution in [3.8, 4) is 0 Å². The van der Waals surface area contributed by atoms with E-state index in [9.17, 15) is 0 Å². The molecule has 4 heteroatoms. The molecule has 0 spiro atoms. The van der Waals surface area contributed by atoms with E-state index in [2.05, 4.69) is 9.55 Å². The van der Waals surface area contributed by atoms with Gasteiger partial charge < -0.3 is 10.3 Å². The summed E-state index contributed by atoms with van der Waals surface area (Å²) in [6.45, 7) is 0.919. The highest BCUT2D eigenvalue weighted by molar-refractivity contribution is 6.35. The van der Waals surface area contributed by atoms with Gasteiger partial charge in [-0.1, -0.05) is 43.4 Å². The largest absolute Gasteiger partial charge is 0.369 e. The molecule has 0 unspecified atom stereocenters. The van der Waals surface area contributed by atoms with Crippen LogP contribution in [0.2, 0.25) is 5.02 Å². The average Bonchev–Trinajstić information content (AvgIpc) is 2.99. The Morgan fingerprint density at radius 3 is 2.89 bits per heavy atom. The number of nitrogen functional groups attached to an aromatic ring is 1. The molecule has 1 aliphatic carbocycles. The third kappa shape index (κ3) is 2.57. The van der Waals surface area contributed by atoms with Crippen LogP contribution in [-0.4, -0.2) is 9.55 Å². The number of nitrogens with zero attached hydrogens (tertiary/aromatic N) is 2. The normalized spacial score (nSPS) is 16.5. The quantitative estimate of drug-likeness (QED) is 0.908. The predicted molar refractivity (Wildman–Crippen MR) is 80.3 cm³/mol. The van der Waals surface area contributed by atoms with Crippen molar-refractivity contribution >= 4 is 28.6 Å². The highest BCUT2D eigenvalue weighted by atomic mass is 35.5. The predicted octanol–water partition coefficient (Wildman–Crippen LogP) is 4.24. The van der Waals surface area contributed by atoms with Gasteiger partial charge in [0.15, 0.2) is 0 Å². The lowest BCUT2D eigenvalue weighted by molar-refractivity contribution is 0.462. The van der Waals surface area contributed by atoms with Crippen molar-refractivity contribution in [1.82, 2.24) is 9.55 Å². The summed E-state index contributed by atoms with van der Waals surface area (Å²) in [5, 5.41) is 0.738. The minimum absolute atomic E-state index is 0.578. The number of para-hydroxylation sites is 1. The number of nitrogens with two attached hydrogens (primary N) is 1. The fraction of sp³-hybridized carbons (Fsp3) is 0.533. The second-order valence-electron chi connectivity index (χ2n) is 5.52. The van der Waals surface area contributed by atoms with E-state index in [4.69, 9.17) is 17.3 Å². The number of benzene rings is 1. The number of imidazole rings is 1. The van der Waals surface area contributed by atoms with E-state index in [1.165, 1.54) is 32.1 Å². The first-order valence-electron chi connectivity index (χ1n) is 7.16. The monoisotopic (exact) mass is 277 g/mol. The maximum Gasteiger partial charge on any atom is 0.201 e. The summed E-state index contributed by atoms with van der Waals surface area (Å²) in [6, 6.07) is 5.78. The first-order valence-corrected chi connectivity index (χ1v) is 7.54. The number of halogens is 1. The van der Waals surface area contributed by atoms with Gasteiger partial charge in [-0.15, -0.1) is 0 Å². The Balaban J connectivity index is 1.74. The van der Waals surface area contributed by atoms with Crippen LogP contribution in [0, 0.1) is 5.92 Å². The third-order valence-corrected chi connectivity index (χ3v) is 4.52. The molecular formula is C15H20ClN3. The van der Waals surface area contributed by atoms with Crippen molar-refractivity contribution in [1.29, 1.82) is 0 Å². The molecule has 1 saturated carbocycles. The summed E-state index contributed by atoms with van der Waals surface area (Å²) in [4.78, 5) is 4.38. The Bertz CT molecular complexity index is 570. The highest BCUT2D eigenvalue weighted by Gasteiger charge is 2.15. The minimum Gasteiger partial charge on any atom is -0.369 e. The van der Waals surface area contributed by atoms with Gasteiger partial charge >= 0.3 is 0 Å². The first kappa shape index (κ1) is 12.8. The molecule has 0 bridgehead atoms. The molecule has 1 aromatic carbocycles. The Hall–Kier alpha value is -1.22. The van der Waals surface area contributed by atoms with Crippen molar-refractivity contribution in [2.75, 3.05) is 5.73 Å². The van der Waals surface area contributed by atoms with Crippen LogP contribution < -0.4 is 5.73 Å². The van der Waals surface area contributed by atoms with E-state index in [1.54, 1.807) is 0 Å². The van der Waals surface area contributed by atoms with Gasteiger partial charge in [-0.05, 0) is 30.9 Å². The molecule has 19 heavy (non-hydrogen) atoms. The lowest BCUT2D eigenvalue weighted by atomic mass is 10.0. The molecule has 0 saturated heterocycles. The maximum absolute atomic E-state index is 6.27. The van der Waals surface area contributed by atoms with Gasteiger partial charge in [0.1, 0.15) is 0 Å². The van der Waals surface area contributed by atoms with E-state index >= 15 is 0 Å². The third-order valence-electron chi connectivity index (χ3n) is 4.22. The van der Waals surface area contributed by atoms with Crippen molar-refractivity contribution < 1.29 is 0 Å². The van der Waals surface area contributed by atoms with E-state index in [0.29, 0.717) is 5.95 Å². The lowest BCUT2D eigenvalue weighted by Crippen LogP contribution is -2.05. The standard InChI is InChI=1S/C15H20ClN3/c16-12-8-3-9-13-14(12)19(15(17)18-13)10-4-7-11-5-1-2-6-11/h3,8-9,11H,1-2,4-7,10H2,(H2,17,18). The molecule has 1 fully saturated rings.